The number of aromatic nitrogens is 1. The molecule has 0 saturated carbocycles. The van der Waals surface area contributed by atoms with Crippen LogP contribution in [0.15, 0.2) is 47.4 Å². The number of rotatable bonds is 9. The van der Waals surface area contributed by atoms with Gasteiger partial charge in [-0.1, -0.05) is 17.4 Å². The Balaban J connectivity index is 0.00000385. The molecule has 0 bridgehead atoms. The summed E-state index contributed by atoms with van der Waals surface area (Å²) in [5, 5.41) is 0.573. The minimum Gasteiger partial charge on any atom is -0.492 e. The Morgan fingerprint density at radius 2 is 1.70 bits per heavy atom. The third kappa shape index (κ3) is 6.01. The van der Waals surface area contributed by atoms with Crippen molar-refractivity contribution in [1.82, 2.24) is 14.2 Å². The fourth-order valence-electron chi connectivity index (χ4n) is 3.02. The van der Waals surface area contributed by atoms with Crippen molar-refractivity contribution in [3.8, 4) is 5.75 Å². The van der Waals surface area contributed by atoms with Gasteiger partial charge in [-0.3, -0.25) is 9.69 Å². The fourth-order valence-corrected chi connectivity index (χ4v) is 4.93. The molecule has 0 atom stereocenters. The van der Waals surface area contributed by atoms with Crippen LogP contribution in [-0.2, 0) is 10.0 Å². The molecule has 11 heteroatoms. The van der Waals surface area contributed by atoms with Gasteiger partial charge in [0, 0.05) is 32.7 Å². The zero-order valence-corrected chi connectivity index (χ0v) is 21.8. The Bertz CT molecular complexity index is 1190. The Labute approximate surface area is 205 Å². The number of halogens is 1. The summed E-state index contributed by atoms with van der Waals surface area (Å²) in [6.45, 7) is 3.52. The Kier molecular flexibility index (Phi) is 9.21. The first-order valence-corrected chi connectivity index (χ1v) is 12.4. The molecule has 180 valence electrons. The minimum atomic E-state index is -3.56. The van der Waals surface area contributed by atoms with Crippen molar-refractivity contribution in [2.45, 2.75) is 11.8 Å². The number of fused-ring (bicyclic) bond motifs is 1. The van der Waals surface area contributed by atoms with E-state index >= 15 is 0 Å². The van der Waals surface area contributed by atoms with E-state index in [-0.39, 0.29) is 23.2 Å². The van der Waals surface area contributed by atoms with E-state index in [1.807, 2.05) is 44.1 Å². The Morgan fingerprint density at radius 1 is 1.03 bits per heavy atom. The van der Waals surface area contributed by atoms with Crippen LogP contribution in [0.4, 0.5) is 5.13 Å². The van der Waals surface area contributed by atoms with Crippen molar-refractivity contribution in [1.29, 1.82) is 0 Å². The molecule has 1 heterocycles. The number of benzene rings is 2. The summed E-state index contributed by atoms with van der Waals surface area (Å²) in [5.41, 5.74) is 1.12. The van der Waals surface area contributed by atoms with Crippen molar-refractivity contribution in [3.63, 3.8) is 0 Å². The van der Waals surface area contributed by atoms with Gasteiger partial charge in [-0.2, -0.15) is 0 Å². The highest BCUT2D eigenvalue weighted by atomic mass is 35.5. The molecule has 2 aromatic carbocycles. The van der Waals surface area contributed by atoms with Crippen molar-refractivity contribution in [2.75, 3.05) is 52.8 Å². The number of amides is 1. The number of hydrogen-bond acceptors (Lipinski definition) is 7. The molecule has 0 spiro atoms. The maximum absolute atomic E-state index is 13.4. The van der Waals surface area contributed by atoms with Crippen LogP contribution in [0.1, 0.15) is 17.3 Å². The highest BCUT2D eigenvalue weighted by Crippen LogP contribution is 2.34. The number of hydrogen-bond donors (Lipinski definition) is 0. The first kappa shape index (κ1) is 27.0. The van der Waals surface area contributed by atoms with Gasteiger partial charge in [0.05, 0.1) is 16.2 Å². The Hall–Kier alpha value is -2.24. The number of thiazole rings is 1. The van der Waals surface area contributed by atoms with Crippen molar-refractivity contribution in [2.24, 2.45) is 0 Å². The molecule has 1 aromatic heterocycles. The lowest BCUT2D eigenvalue weighted by atomic mass is 10.2. The van der Waals surface area contributed by atoms with E-state index in [1.165, 1.54) is 37.6 Å². The standard InChI is InChI=1S/C22H28N4O4S2.ClH/c1-6-30-18-8-7-9-19-20(18)23-22(31-19)26(15-14-24(2)3)21(27)16-10-12-17(13-11-16)32(28,29)25(4)5;/h7-13H,6,14-15H2,1-5H3;1H. The molecular weight excluding hydrogens is 484 g/mol. The van der Waals surface area contributed by atoms with Gasteiger partial charge in [0.2, 0.25) is 10.0 Å². The summed E-state index contributed by atoms with van der Waals surface area (Å²) in [7, 11) is 3.26. The number of nitrogens with zero attached hydrogens (tertiary/aromatic N) is 4. The van der Waals surface area contributed by atoms with Crippen LogP contribution < -0.4 is 9.64 Å². The van der Waals surface area contributed by atoms with Gasteiger partial charge in [0.1, 0.15) is 11.3 Å². The third-order valence-electron chi connectivity index (χ3n) is 4.80. The van der Waals surface area contributed by atoms with E-state index in [0.717, 1.165) is 14.5 Å². The molecule has 1 amide bonds. The smallest absolute Gasteiger partial charge is 0.260 e. The number of para-hydroxylation sites is 1. The normalized spacial score (nSPS) is 11.6. The van der Waals surface area contributed by atoms with Gasteiger partial charge in [-0.25, -0.2) is 17.7 Å². The molecule has 33 heavy (non-hydrogen) atoms. The molecule has 0 radical (unpaired) electrons. The van der Waals surface area contributed by atoms with Gasteiger partial charge in [0.25, 0.3) is 5.91 Å². The second-order valence-electron chi connectivity index (χ2n) is 7.60. The first-order valence-electron chi connectivity index (χ1n) is 10.2. The van der Waals surface area contributed by atoms with Gasteiger partial charge in [-0.05, 0) is 57.4 Å². The highest BCUT2D eigenvalue weighted by Gasteiger charge is 2.24. The number of carbonyl (C=O) groups is 1. The van der Waals surface area contributed by atoms with Crippen molar-refractivity contribution >= 4 is 55.0 Å². The molecule has 3 rings (SSSR count). The average Bonchev–Trinajstić information content (AvgIpc) is 3.18. The highest BCUT2D eigenvalue weighted by molar-refractivity contribution is 7.89. The number of likely N-dealkylation sites (N-methyl/N-ethyl adjacent to an activating group) is 1. The summed E-state index contributed by atoms with van der Waals surface area (Å²) >= 11 is 1.42. The van der Waals surface area contributed by atoms with Crippen molar-refractivity contribution in [3.05, 3.63) is 48.0 Å². The summed E-state index contributed by atoms with van der Waals surface area (Å²) in [4.78, 5) is 21.9. The van der Waals surface area contributed by atoms with E-state index in [9.17, 15) is 13.2 Å². The first-order chi connectivity index (χ1) is 15.1. The quantitative estimate of drug-likeness (QED) is 0.436. The molecule has 0 saturated heterocycles. The van der Waals surface area contributed by atoms with Crippen LogP contribution in [-0.4, -0.2) is 76.4 Å². The Morgan fingerprint density at radius 3 is 2.27 bits per heavy atom. The number of ether oxygens (including phenoxy) is 1. The van der Waals surface area contributed by atoms with Crippen LogP contribution in [0.5, 0.6) is 5.75 Å². The summed E-state index contributed by atoms with van der Waals surface area (Å²) < 4.78 is 32.4. The average molecular weight is 513 g/mol. The van der Waals surface area contributed by atoms with Gasteiger partial charge in [-0.15, -0.1) is 12.4 Å². The minimum absolute atomic E-state index is 0. The molecule has 0 aliphatic heterocycles. The molecule has 0 aliphatic rings. The molecule has 0 unspecified atom stereocenters. The predicted molar refractivity (Wildman–Crippen MR) is 136 cm³/mol. The summed E-state index contributed by atoms with van der Waals surface area (Å²) in [6, 6.07) is 11.7. The second kappa shape index (κ2) is 11.3. The van der Waals surface area contributed by atoms with Crippen molar-refractivity contribution < 1.29 is 17.9 Å². The zero-order chi connectivity index (χ0) is 23.5. The predicted octanol–water partition coefficient (Wildman–Crippen LogP) is 3.58. The second-order valence-corrected chi connectivity index (χ2v) is 10.8. The maximum atomic E-state index is 13.4. The van der Waals surface area contributed by atoms with E-state index in [1.54, 1.807) is 17.0 Å². The van der Waals surface area contributed by atoms with E-state index < -0.39 is 10.0 Å². The summed E-state index contributed by atoms with van der Waals surface area (Å²) in [5.74, 6) is 0.448. The molecule has 3 aromatic rings. The van der Waals surface area contributed by atoms with E-state index in [4.69, 9.17) is 9.72 Å². The zero-order valence-electron chi connectivity index (χ0n) is 19.3. The van der Waals surface area contributed by atoms with Crippen LogP contribution in [0.2, 0.25) is 0 Å². The summed E-state index contributed by atoms with van der Waals surface area (Å²) in [6.07, 6.45) is 0. The molecular formula is C22H29ClN4O4S2. The SMILES string of the molecule is CCOc1cccc2sc(N(CCN(C)C)C(=O)c3ccc(S(=O)(=O)N(C)C)cc3)nc12.Cl. The number of anilines is 1. The fraction of sp³-hybridized carbons (Fsp3) is 0.364. The van der Waals surface area contributed by atoms with E-state index in [2.05, 4.69) is 0 Å². The molecule has 0 aliphatic carbocycles. The lowest BCUT2D eigenvalue weighted by Gasteiger charge is -2.22. The molecule has 0 fully saturated rings. The molecule has 0 N–H and O–H groups in total. The number of sulfonamides is 1. The lowest BCUT2D eigenvalue weighted by Crippen LogP contribution is -2.36. The van der Waals surface area contributed by atoms with Crippen LogP contribution >= 0.6 is 23.7 Å². The monoisotopic (exact) mass is 512 g/mol. The van der Waals surface area contributed by atoms with Gasteiger partial charge in [0.15, 0.2) is 5.13 Å². The van der Waals surface area contributed by atoms with Crippen LogP contribution in [0, 0.1) is 0 Å². The van der Waals surface area contributed by atoms with Crippen LogP contribution in [0.25, 0.3) is 10.2 Å². The van der Waals surface area contributed by atoms with E-state index in [0.29, 0.717) is 36.1 Å². The maximum Gasteiger partial charge on any atom is 0.260 e. The lowest BCUT2D eigenvalue weighted by molar-refractivity contribution is 0.0985. The van der Waals surface area contributed by atoms with Gasteiger partial charge < -0.3 is 9.64 Å². The number of carbonyl (C=O) groups excluding carboxylic acids is 1. The van der Waals surface area contributed by atoms with Gasteiger partial charge >= 0.3 is 0 Å². The largest absolute Gasteiger partial charge is 0.492 e. The third-order valence-corrected chi connectivity index (χ3v) is 7.67. The van der Waals surface area contributed by atoms with Crippen LogP contribution in [0.3, 0.4) is 0 Å². The topological polar surface area (TPSA) is 83.0 Å². The molecule has 8 nitrogen and oxygen atoms in total.